The monoisotopic (exact) mass is 240 g/mol. The Hall–Kier alpha value is -1.21. The molecule has 17 heavy (non-hydrogen) atoms. The fourth-order valence-corrected chi connectivity index (χ4v) is 3.52. The van der Waals surface area contributed by atoms with E-state index < -0.39 is 0 Å². The van der Waals surface area contributed by atoms with E-state index in [2.05, 4.69) is 48.6 Å². The highest BCUT2D eigenvalue weighted by Crippen LogP contribution is 2.34. The van der Waals surface area contributed by atoms with Crippen LogP contribution in [-0.2, 0) is 12.2 Å². The van der Waals surface area contributed by atoms with Crippen LogP contribution in [0.2, 0.25) is 0 Å². The molecule has 0 bridgehead atoms. The van der Waals surface area contributed by atoms with Gasteiger partial charge in [-0.3, -0.25) is 0 Å². The molecule has 1 aliphatic heterocycles. The van der Waals surface area contributed by atoms with E-state index in [1.807, 2.05) is 11.8 Å². The lowest BCUT2D eigenvalue weighted by molar-refractivity contribution is 1.01. The van der Waals surface area contributed by atoms with E-state index in [0.29, 0.717) is 0 Å². The normalized spacial score (nSPS) is 20.9. The van der Waals surface area contributed by atoms with Gasteiger partial charge in [-0.25, -0.2) is 0 Å². The lowest BCUT2D eigenvalue weighted by atomic mass is 10.0. The second-order valence-corrected chi connectivity index (χ2v) is 5.55. The molecule has 0 unspecified atom stereocenters. The predicted molar refractivity (Wildman–Crippen MR) is 76.0 cm³/mol. The molecule has 0 saturated carbocycles. The van der Waals surface area contributed by atoms with E-state index in [-0.39, 0.29) is 0 Å². The van der Waals surface area contributed by atoms with E-state index in [4.69, 9.17) is 0 Å². The van der Waals surface area contributed by atoms with Gasteiger partial charge in [-0.05, 0) is 40.9 Å². The lowest BCUT2D eigenvalue weighted by Gasteiger charge is -2.13. The first-order valence-corrected chi connectivity index (χ1v) is 7.18. The quantitative estimate of drug-likeness (QED) is 0.637. The first kappa shape index (κ1) is 10.9. The number of hydrogen-bond acceptors (Lipinski definition) is 1. The number of thioether (sulfide) groups is 1. The van der Waals surface area contributed by atoms with Gasteiger partial charge >= 0.3 is 0 Å². The van der Waals surface area contributed by atoms with E-state index in [1.165, 1.54) is 29.5 Å². The van der Waals surface area contributed by atoms with Crippen molar-refractivity contribution in [2.24, 2.45) is 0 Å². The molecular weight excluding hydrogens is 224 g/mol. The minimum atomic E-state index is 1.06. The zero-order valence-corrected chi connectivity index (χ0v) is 10.7. The van der Waals surface area contributed by atoms with Crippen LogP contribution >= 0.6 is 11.8 Å². The molecule has 0 fully saturated rings. The number of fused-ring (bicyclic) bond motifs is 1. The van der Waals surface area contributed by atoms with Crippen LogP contribution in [0.25, 0.3) is 0 Å². The van der Waals surface area contributed by atoms with Crippen molar-refractivity contribution in [1.82, 2.24) is 0 Å². The summed E-state index contributed by atoms with van der Waals surface area (Å²) >= 11 is 2.01. The maximum atomic E-state index is 2.30. The third-order valence-corrected chi connectivity index (χ3v) is 4.56. The largest absolute Gasteiger partial charge is 0.125 e. The van der Waals surface area contributed by atoms with Gasteiger partial charge in [-0.15, -0.1) is 11.8 Å². The SMILES string of the molecule is C1=CC2=C(CC1)SCc1ccccc1C/C=C\2. The molecule has 1 aliphatic carbocycles. The Bertz CT molecular complexity index is 506. The standard InChI is InChI=1S/C16H16S/c1-2-8-15-12-17-16-11-4-3-7-14(16)10-5-9-13(15)6-1/h1-3,5-8,10H,4,9,11-12H2/b10-5-. The third-order valence-electron chi connectivity index (χ3n) is 3.31. The second-order valence-electron chi connectivity index (χ2n) is 4.48. The van der Waals surface area contributed by atoms with Crippen LogP contribution in [-0.4, -0.2) is 0 Å². The minimum absolute atomic E-state index is 1.06. The number of hydrogen-bond donors (Lipinski definition) is 0. The highest BCUT2D eigenvalue weighted by molar-refractivity contribution is 8.02. The average molecular weight is 240 g/mol. The molecule has 0 atom stereocenters. The Labute approximate surface area is 107 Å². The summed E-state index contributed by atoms with van der Waals surface area (Å²) in [6.45, 7) is 0. The molecule has 0 nitrogen and oxygen atoms in total. The lowest BCUT2D eigenvalue weighted by Crippen LogP contribution is -1.91. The van der Waals surface area contributed by atoms with Gasteiger partial charge in [0.15, 0.2) is 0 Å². The Morgan fingerprint density at radius 3 is 2.71 bits per heavy atom. The van der Waals surface area contributed by atoms with Gasteiger partial charge in [0, 0.05) is 5.75 Å². The molecule has 3 rings (SSSR count). The molecule has 1 heterocycles. The predicted octanol–water partition coefficient (Wildman–Crippen LogP) is 4.64. The van der Waals surface area contributed by atoms with Crippen LogP contribution in [0.5, 0.6) is 0 Å². The summed E-state index contributed by atoms with van der Waals surface area (Å²) in [5, 5.41) is 0. The van der Waals surface area contributed by atoms with Crippen molar-refractivity contribution in [2.75, 3.05) is 0 Å². The molecular formula is C16H16S. The van der Waals surface area contributed by atoms with Crippen molar-refractivity contribution in [1.29, 1.82) is 0 Å². The Morgan fingerprint density at radius 2 is 1.76 bits per heavy atom. The van der Waals surface area contributed by atoms with Crippen molar-refractivity contribution in [3.05, 3.63) is 70.2 Å². The summed E-state index contributed by atoms with van der Waals surface area (Å²) in [5.41, 5.74) is 4.39. The van der Waals surface area contributed by atoms with Gasteiger partial charge in [-0.1, -0.05) is 48.6 Å². The number of benzene rings is 1. The van der Waals surface area contributed by atoms with Crippen molar-refractivity contribution >= 4 is 11.8 Å². The molecule has 1 heteroatoms. The van der Waals surface area contributed by atoms with Crippen molar-refractivity contribution in [2.45, 2.75) is 25.0 Å². The second kappa shape index (κ2) is 4.97. The Kier molecular flexibility index (Phi) is 3.19. The van der Waals surface area contributed by atoms with Gasteiger partial charge in [0.25, 0.3) is 0 Å². The maximum Gasteiger partial charge on any atom is 0.0231 e. The molecule has 0 aromatic heterocycles. The van der Waals surface area contributed by atoms with Crippen LogP contribution in [0.1, 0.15) is 24.0 Å². The van der Waals surface area contributed by atoms with Crippen molar-refractivity contribution in [3.8, 4) is 0 Å². The fourth-order valence-electron chi connectivity index (χ4n) is 2.34. The molecule has 0 spiro atoms. The maximum absolute atomic E-state index is 2.30. The van der Waals surface area contributed by atoms with Crippen LogP contribution in [0.4, 0.5) is 0 Å². The minimum Gasteiger partial charge on any atom is -0.125 e. The number of rotatable bonds is 0. The van der Waals surface area contributed by atoms with Crippen LogP contribution in [0.15, 0.2) is 59.0 Å². The molecule has 2 aliphatic rings. The zero-order chi connectivity index (χ0) is 11.5. The summed E-state index contributed by atoms with van der Waals surface area (Å²) in [5.74, 6) is 1.12. The van der Waals surface area contributed by atoms with Crippen molar-refractivity contribution in [3.63, 3.8) is 0 Å². The van der Waals surface area contributed by atoms with Gasteiger partial charge in [0.2, 0.25) is 0 Å². The topological polar surface area (TPSA) is 0 Å². The molecule has 0 amide bonds. The fraction of sp³-hybridized carbons (Fsp3) is 0.250. The highest BCUT2D eigenvalue weighted by atomic mass is 32.2. The van der Waals surface area contributed by atoms with E-state index in [1.54, 1.807) is 4.91 Å². The van der Waals surface area contributed by atoms with Crippen LogP contribution < -0.4 is 0 Å². The molecule has 1 aromatic rings. The van der Waals surface area contributed by atoms with Gasteiger partial charge in [0.05, 0.1) is 0 Å². The summed E-state index contributed by atoms with van der Waals surface area (Å²) < 4.78 is 0. The highest BCUT2D eigenvalue weighted by Gasteiger charge is 2.10. The smallest absolute Gasteiger partial charge is 0.0231 e. The summed E-state index contributed by atoms with van der Waals surface area (Å²) in [7, 11) is 0. The van der Waals surface area contributed by atoms with E-state index in [9.17, 15) is 0 Å². The summed E-state index contributed by atoms with van der Waals surface area (Å²) in [4.78, 5) is 1.56. The van der Waals surface area contributed by atoms with E-state index >= 15 is 0 Å². The van der Waals surface area contributed by atoms with Crippen molar-refractivity contribution < 1.29 is 0 Å². The molecule has 0 saturated heterocycles. The van der Waals surface area contributed by atoms with Gasteiger partial charge in [-0.2, -0.15) is 0 Å². The molecule has 0 radical (unpaired) electrons. The summed E-state index contributed by atoms with van der Waals surface area (Å²) in [6, 6.07) is 8.81. The zero-order valence-electron chi connectivity index (χ0n) is 9.86. The Balaban J connectivity index is 1.95. The third kappa shape index (κ3) is 2.39. The van der Waals surface area contributed by atoms with Gasteiger partial charge < -0.3 is 0 Å². The summed E-state index contributed by atoms with van der Waals surface area (Å²) in [6.07, 6.45) is 12.6. The first-order chi connectivity index (χ1) is 8.43. The Morgan fingerprint density at radius 1 is 0.941 bits per heavy atom. The molecule has 1 aromatic carbocycles. The van der Waals surface area contributed by atoms with Crippen LogP contribution in [0, 0.1) is 0 Å². The van der Waals surface area contributed by atoms with Crippen LogP contribution in [0.3, 0.4) is 0 Å². The number of allylic oxidation sites excluding steroid dienone is 6. The van der Waals surface area contributed by atoms with Gasteiger partial charge in [0.1, 0.15) is 0 Å². The molecule has 86 valence electrons. The molecule has 0 N–H and O–H groups in total. The first-order valence-electron chi connectivity index (χ1n) is 6.19. The van der Waals surface area contributed by atoms with E-state index in [0.717, 1.165) is 12.2 Å². The average Bonchev–Trinajstić information content (AvgIpc) is 2.47.